The Bertz CT molecular complexity index is 421. The standard InChI is InChI=1S/C11H13ClN2O2/c1-2-16-11(15)10-9(12)7-5-3-4-6-8(7)13-14-10/h2-6H2,1H3. The van der Waals surface area contributed by atoms with Gasteiger partial charge in [-0.1, -0.05) is 11.6 Å². The minimum atomic E-state index is -0.492. The Hall–Kier alpha value is -1.16. The predicted molar refractivity (Wildman–Crippen MR) is 59.6 cm³/mol. The van der Waals surface area contributed by atoms with Gasteiger partial charge in [-0.2, -0.15) is 5.10 Å². The fourth-order valence-electron chi connectivity index (χ4n) is 1.86. The smallest absolute Gasteiger partial charge is 0.360 e. The zero-order valence-electron chi connectivity index (χ0n) is 9.12. The lowest BCUT2D eigenvalue weighted by Crippen LogP contribution is -2.15. The third-order valence-corrected chi connectivity index (χ3v) is 3.06. The van der Waals surface area contributed by atoms with Gasteiger partial charge in [-0.15, -0.1) is 5.10 Å². The van der Waals surface area contributed by atoms with Crippen molar-refractivity contribution in [1.29, 1.82) is 0 Å². The number of hydrogen-bond donors (Lipinski definition) is 0. The molecule has 2 rings (SSSR count). The molecular weight excluding hydrogens is 228 g/mol. The largest absolute Gasteiger partial charge is 0.461 e. The summed E-state index contributed by atoms with van der Waals surface area (Å²) in [5.41, 5.74) is 2.03. The second-order valence-corrected chi connectivity index (χ2v) is 4.09. The molecule has 0 radical (unpaired) electrons. The third-order valence-electron chi connectivity index (χ3n) is 2.65. The molecule has 1 aliphatic rings. The second kappa shape index (κ2) is 4.78. The van der Waals surface area contributed by atoms with E-state index >= 15 is 0 Å². The molecule has 0 saturated carbocycles. The molecule has 0 atom stereocenters. The second-order valence-electron chi connectivity index (χ2n) is 3.72. The fourth-order valence-corrected chi connectivity index (χ4v) is 2.18. The zero-order valence-corrected chi connectivity index (χ0v) is 9.88. The Labute approximate surface area is 99.0 Å². The highest BCUT2D eigenvalue weighted by Crippen LogP contribution is 2.28. The van der Waals surface area contributed by atoms with Gasteiger partial charge in [-0.3, -0.25) is 0 Å². The number of carbonyl (C=O) groups is 1. The van der Waals surface area contributed by atoms with Gasteiger partial charge in [0, 0.05) is 0 Å². The highest BCUT2D eigenvalue weighted by atomic mass is 35.5. The van der Waals surface area contributed by atoms with Crippen LogP contribution in [0.2, 0.25) is 5.02 Å². The molecule has 0 bridgehead atoms. The maximum Gasteiger partial charge on any atom is 0.360 e. The molecule has 86 valence electrons. The Morgan fingerprint density at radius 2 is 2.12 bits per heavy atom. The zero-order chi connectivity index (χ0) is 11.5. The first-order chi connectivity index (χ1) is 7.74. The SMILES string of the molecule is CCOC(=O)c1nnc2c(c1Cl)CCCC2. The van der Waals surface area contributed by atoms with Crippen molar-refractivity contribution in [3.05, 3.63) is 22.0 Å². The lowest BCUT2D eigenvalue weighted by atomic mass is 9.96. The minimum Gasteiger partial charge on any atom is -0.461 e. The van der Waals surface area contributed by atoms with Crippen LogP contribution in [-0.2, 0) is 17.6 Å². The van der Waals surface area contributed by atoms with Gasteiger partial charge in [0.25, 0.3) is 0 Å². The van der Waals surface area contributed by atoms with Crippen LogP contribution in [0, 0.1) is 0 Å². The van der Waals surface area contributed by atoms with E-state index in [9.17, 15) is 4.79 Å². The highest BCUT2D eigenvalue weighted by molar-refractivity contribution is 6.34. The molecular formula is C11H13ClN2O2. The van der Waals surface area contributed by atoms with Gasteiger partial charge < -0.3 is 4.74 Å². The van der Waals surface area contributed by atoms with Crippen molar-refractivity contribution in [2.24, 2.45) is 0 Å². The molecule has 0 saturated heterocycles. The van der Waals surface area contributed by atoms with Crippen molar-refractivity contribution in [2.75, 3.05) is 6.61 Å². The number of esters is 1. The summed E-state index contributed by atoms with van der Waals surface area (Å²) in [5.74, 6) is -0.492. The quantitative estimate of drug-likeness (QED) is 0.744. The number of halogens is 1. The molecule has 0 spiro atoms. The summed E-state index contributed by atoms with van der Waals surface area (Å²) in [7, 11) is 0. The summed E-state index contributed by atoms with van der Waals surface area (Å²) in [6.45, 7) is 2.06. The van der Waals surface area contributed by atoms with E-state index in [0.717, 1.165) is 36.9 Å². The van der Waals surface area contributed by atoms with Crippen molar-refractivity contribution >= 4 is 17.6 Å². The number of carbonyl (C=O) groups excluding carboxylic acids is 1. The van der Waals surface area contributed by atoms with Crippen LogP contribution in [0.25, 0.3) is 0 Å². The molecule has 1 aromatic heterocycles. The molecule has 4 nitrogen and oxygen atoms in total. The maximum atomic E-state index is 11.5. The van der Waals surface area contributed by atoms with Crippen molar-refractivity contribution < 1.29 is 9.53 Å². The van der Waals surface area contributed by atoms with E-state index < -0.39 is 5.97 Å². The van der Waals surface area contributed by atoms with Crippen LogP contribution in [0.3, 0.4) is 0 Å². The van der Waals surface area contributed by atoms with Gasteiger partial charge >= 0.3 is 5.97 Å². The van der Waals surface area contributed by atoms with Gasteiger partial charge in [0.15, 0.2) is 5.69 Å². The van der Waals surface area contributed by atoms with E-state index in [4.69, 9.17) is 16.3 Å². The van der Waals surface area contributed by atoms with E-state index in [1.807, 2.05) is 0 Å². The van der Waals surface area contributed by atoms with Gasteiger partial charge in [0.1, 0.15) is 0 Å². The van der Waals surface area contributed by atoms with E-state index in [1.54, 1.807) is 6.92 Å². The van der Waals surface area contributed by atoms with Crippen LogP contribution in [-0.4, -0.2) is 22.8 Å². The predicted octanol–water partition coefficient (Wildman–Crippen LogP) is 2.19. The summed E-state index contributed by atoms with van der Waals surface area (Å²) in [6.07, 6.45) is 3.96. The van der Waals surface area contributed by atoms with Crippen LogP contribution < -0.4 is 0 Å². The lowest BCUT2D eigenvalue weighted by Gasteiger charge is -2.16. The first kappa shape index (κ1) is 11.3. The monoisotopic (exact) mass is 240 g/mol. The van der Waals surface area contributed by atoms with E-state index in [0.29, 0.717) is 11.6 Å². The van der Waals surface area contributed by atoms with E-state index in [-0.39, 0.29) is 5.69 Å². The van der Waals surface area contributed by atoms with Crippen LogP contribution >= 0.6 is 11.6 Å². The fraction of sp³-hybridized carbons (Fsp3) is 0.545. The molecule has 0 amide bonds. The maximum absolute atomic E-state index is 11.5. The Morgan fingerprint density at radius 1 is 1.38 bits per heavy atom. The average molecular weight is 241 g/mol. The van der Waals surface area contributed by atoms with E-state index in [2.05, 4.69) is 10.2 Å². The Kier molecular flexibility index (Phi) is 3.39. The van der Waals surface area contributed by atoms with E-state index in [1.165, 1.54) is 0 Å². The van der Waals surface area contributed by atoms with Crippen molar-refractivity contribution in [1.82, 2.24) is 10.2 Å². The first-order valence-corrected chi connectivity index (χ1v) is 5.83. The third kappa shape index (κ3) is 2.02. The van der Waals surface area contributed by atoms with Crippen molar-refractivity contribution in [3.8, 4) is 0 Å². The molecule has 16 heavy (non-hydrogen) atoms. The molecule has 0 aliphatic heterocycles. The van der Waals surface area contributed by atoms with Gasteiger partial charge in [0.2, 0.25) is 0 Å². The normalized spacial score (nSPS) is 14.4. The summed E-state index contributed by atoms with van der Waals surface area (Å²) in [4.78, 5) is 11.5. The molecule has 1 aromatic rings. The molecule has 5 heteroatoms. The molecule has 1 heterocycles. The van der Waals surface area contributed by atoms with Crippen LogP contribution in [0.5, 0.6) is 0 Å². The number of aromatic nitrogens is 2. The van der Waals surface area contributed by atoms with Gasteiger partial charge in [0.05, 0.1) is 17.3 Å². The molecule has 0 aromatic carbocycles. The summed E-state index contributed by atoms with van der Waals surface area (Å²) < 4.78 is 4.87. The molecule has 0 N–H and O–H groups in total. The summed E-state index contributed by atoms with van der Waals surface area (Å²) in [5, 5.41) is 8.32. The van der Waals surface area contributed by atoms with Crippen LogP contribution in [0.1, 0.15) is 41.5 Å². The summed E-state index contributed by atoms with van der Waals surface area (Å²) >= 11 is 6.15. The van der Waals surface area contributed by atoms with Gasteiger partial charge in [-0.25, -0.2) is 4.79 Å². The number of nitrogens with zero attached hydrogens (tertiary/aromatic N) is 2. The van der Waals surface area contributed by atoms with Crippen molar-refractivity contribution in [2.45, 2.75) is 32.6 Å². The summed E-state index contributed by atoms with van der Waals surface area (Å²) in [6, 6.07) is 0. The topological polar surface area (TPSA) is 52.1 Å². The highest BCUT2D eigenvalue weighted by Gasteiger charge is 2.22. The number of aryl methyl sites for hydroxylation is 1. The average Bonchev–Trinajstić information content (AvgIpc) is 2.30. The van der Waals surface area contributed by atoms with Crippen molar-refractivity contribution in [3.63, 3.8) is 0 Å². The van der Waals surface area contributed by atoms with Crippen LogP contribution in [0.15, 0.2) is 0 Å². The minimum absolute atomic E-state index is 0.143. The van der Waals surface area contributed by atoms with Gasteiger partial charge in [-0.05, 0) is 38.2 Å². The number of ether oxygens (including phenoxy) is 1. The first-order valence-electron chi connectivity index (χ1n) is 5.45. The van der Waals surface area contributed by atoms with Crippen LogP contribution in [0.4, 0.5) is 0 Å². The molecule has 1 aliphatic carbocycles. The number of rotatable bonds is 2. The Balaban J connectivity index is 2.37. The Morgan fingerprint density at radius 3 is 2.88 bits per heavy atom. The lowest BCUT2D eigenvalue weighted by molar-refractivity contribution is 0.0518. The number of fused-ring (bicyclic) bond motifs is 1. The number of hydrogen-bond acceptors (Lipinski definition) is 4. The molecule has 0 fully saturated rings. The molecule has 0 unspecified atom stereocenters.